The summed E-state index contributed by atoms with van der Waals surface area (Å²) in [4.78, 5) is 4.35. The number of nitrogens with one attached hydrogen (secondary N) is 1. The molecule has 2 rings (SSSR count). The fraction of sp³-hybridized carbons (Fsp3) is 0.625. The molecule has 3 N–H and O–H groups in total. The molecule has 2 aromatic rings. The first-order chi connectivity index (χ1) is 13.3. The normalized spacial score (nSPS) is 16.1. The maximum atomic E-state index is 10.7. The molecule has 0 saturated heterocycles. The highest BCUT2D eigenvalue weighted by molar-refractivity contribution is 5.91. The van der Waals surface area contributed by atoms with Crippen LogP contribution in [0.25, 0.3) is 10.9 Å². The van der Waals surface area contributed by atoms with Crippen molar-refractivity contribution in [3.8, 4) is 0 Å². The average molecular weight is 387 g/mol. The third-order valence-electron chi connectivity index (χ3n) is 5.71. The van der Waals surface area contributed by atoms with Gasteiger partial charge in [-0.15, -0.1) is 0 Å². The van der Waals surface area contributed by atoms with E-state index in [2.05, 4.69) is 31.1 Å². The van der Waals surface area contributed by atoms with Gasteiger partial charge in [-0.05, 0) is 49.4 Å². The van der Waals surface area contributed by atoms with E-state index in [0.29, 0.717) is 18.9 Å². The Hall–Kier alpha value is -1.65. The summed E-state index contributed by atoms with van der Waals surface area (Å²) in [5.41, 5.74) is 0.757. The van der Waals surface area contributed by atoms with Crippen LogP contribution in [0.5, 0.6) is 0 Å². The van der Waals surface area contributed by atoms with Crippen molar-refractivity contribution in [2.75, 3.05) is 11.9 Å². The van der Waals surface area contributed by atoms with E-state index in [9.17, 15) is 10.2 Å². The summed E-state index contributed by atoms with van der Waals surface area (Å²) >= 11 is 0. The molecule has 0 aliphatic rings. The minimum atomic E-state index is -1.09. The second kappa shape index (κ2) is 10.8. The van der Waals surface area contributed by atoms with Crippen LogP contribution in [-0.4, -0.2) is 33.4 Å². The zero-order valence-corrected chi connectivity index (χ0v) is 18.0. The number of hydrogen-bond donors (Lipinski definition) is 3. The first-order valence-electron chi connectivity index (χ1n) is 10.8. The first-order valence-corrected chi connectivity index (χ1v) is 10.8. The van der Waals surface area contributed by atoms with Crippen molar-refractivity contribution in [1.82, 2.24) is 4.98 Å². The van der Waals surface area contributed by atoms with Crippen LogP contribution in [0.4, 0.5) is 5.69 Å². The number of nitrogens with zero attached hydrogens (tertiary/aromatic N) is 1. The van der Waals surface area contributed by atoms with E-state index < -0.39 is 11.7 Å². The van der Waals surface area contributed by atoms with Gasteiger partial charge in [-0.1, -0.05) is 58.9 Å². The van der Waals surface area contributed by atoms with Crippen LogP contribution in [-0.2, 0) is 0 Å². The number of aliphatic hydroxyl groups is 2. The summed E-state index contributed by atoms with van der Waals surface area (Å²) < 4.78 is 0. The van der Waals surface area contributed by atoms with Gasteiger partial charge in [0.15, 0.2) is 0 Å². The smallest absolute Gasteiger partial charge is 0.0996 e. The topological polar surface area (TPSA) is 65.4 Å². The fourth-order valence-electron chi connectivity index (χ4n) is 3.68. The summed E-state index contributed by atoms with van der Waals surface area (Å²) in [6.07, 6.45) is 7.42. The van der Waals surface area contributed by atoms with E-state index in [1.807, 2.05) is 30.3 Å². The summed E-state index contributed by atoms with van der Waals surface area (Å²) in [6.45, 7) is 8.89. The van der Waals surface area contributed by atoms with Crippen LogP contribution in [0, 0.1) is 11.8 Å². The molecule has 0 radical (unpaired) electrons. The van der Waals surface area contributed by atoms with Crippen molar-refractivity contribution < 1.29 is 10.2 Å². The number of anilines is 1. The molecule has 0 spiro atoms. The molecule has 4 heteroatoms. The average Bonchev–Trinajstić information content (AvgIpc) is 2.65. The van der Waals surface area contributed by atoms with Crippen LogP contribution < -0.4 is 5.32 Å². The fourth-order valence-corrected chi connectivity index (χ4v) is 3.68. The molecule has 0 saturated carbocycles. The number of fused-ring (bicyclic) bond motifs is 1. The molecule has 1 heterocycles. The number of aromatic nitrogens is 1. The minimum Gasteiger partial charge on any atom is -0.388 e. The number of pyridine rings is 1. The van der Waals surface area contributed by atoms with Gasteiger partial charge in [-0.25, -0.2) is 0 Å². The molecule has 0 fully saturated rings. The van der Waals surface area contributed by atoms with Gasteiger partial charge in [-0.2, -0.15) is 0 Å². The summed E-state index contributed by atoms with van der Waals surface area (Å²) in [7, 11) is 0. The Morgan fingerprint density at radius 2 is 1.79 bits per heavy atom. The lowest BCUT2D eigenvalue weighted by Gasteiger charge is -2.30. The Morgan fingerprint density at radius 3 is 2.54 bits per heavy atom. The van der Waals surface area contributed by atoms with Crippen LogP contribution in [0.2, 0.25) is 0 Å². The lowest BCUT2D eigenvalue weighted by atomic mass is 9.89. The van der Waals surface area contributed by atoms with Crippen molar-refractivity contribution in [2.45, 2.75) is 77.9 Å². The second-order valence-corrected chi connectivity index (χ2v) is 8.95. The largest absolute Gasteiger partial charge is 0.388 e. The molecule has 4 nitrogen and oxygen atoms in total. The van der Waals surface area contributed by atoms with E-state index in [1.54, 1.807) is 13.1 Å². The molecule has 1 aromatic heterocycles. The van der Waals surface area contributed by atoms with Crippen molar-refractivity contribution in [2.24, 2.45) is 11.8 Å². The predicted molar refractivity (Wildman–Crippen MR) is 119 cm³/mol. The standard InChI is InChI=1S/C24H38N2O2/c1-18(2)9-5-10-19(3)11-7-15-24(4,28)23(27)17-26-22-14-6-13-21-20(22)12-8-16-25-21/h6,8,12-14,16,18-19,23,26-28H,5,7,9-11,15,17H2,1-4H3. The Kier molecular flexibility index (Phi) is 8.71. The summed E-state index contributed by atoms with van der Waals surface area (Å²) in [5.74, 6) is 1.45. The number of hydrogen-bond acceptors (Lipinski definition) is 4. The van der Waals surface area contributed by atoms with Gasteiger partial charge in [0.2, 0.25) is 0 Å². The Balaban J connectivity index is 1.78. The highest BCUT2D eigenvalue weighted by Crippen LogP contribution is 2.25. The van der Waals surface area contributed by atoms with Crippen molar-refractivity contribution in [3.63, 3.8) is 0 Å². The van der Waals surface area contributed by atoms with Gasteiger partial charge >= 0.3 is 0 Å². The van der Waals surface area contributed by atoms with Gasteiger partial charge in [0, 0.05) is 23.8 Å². The monoisotopic (exact) mass is 386 g/mol. The summed E-state index contributed by atoms with van der Waals surface area (Å²) in [5, 5.41) is 25.6. The van der Waals surface area contributed by atoms with Crippen LogP contribution in [0.1, 0.15) is 66.2 Å². The highest BCUT2D eigenvalue weighted by Gasteiger charge is 2.29. The zero-order chi connectivity index (χ0) is 20.6. The van der Waals surface area contributed by atoms with Gasteiger partial charge < -0.3 is 15.5 Å². The summed E-state index contributed by atoms with van der Waals surface area (Å²) in [6, 6.07) is 9.81. The first kappa shape index (κ1) is 22.6. The van der Waals surface area contributed by atoms with E-state index in [1.165, 1.54) is 19.3 Å². The molecule has 0 aliphatic carbocycles. The maximum Gasteiger partial charge on any atom is 0.0996 e. The second-order valence-electron chi connectivity index (χ2n) is 8.95. The SMILES string of the molecule is CC(C)CCCC(C)CCCC(C)(O)C(O)CNc1cccc2ncccc12. The molecule has 1 aromatic carbocycles. The van der Waals surface area contributed by atoms with Gasteiger partial charge in [-0.3, -0.25) is 4.98 Å². The number of rotatable bonds is 12. The Bertz CT molecular complexity index is 709. The molecular weight excluding hydrogens is 348 g/mol. The molecule has 0 bridgehead atoms. The highest BCUT2D eigenvalue weighted by atomic mass is 16.3. The van der Waals surface area contributed by atoms with E-state index in [-0.39, 0.29) is 0 Å². The van der Waals surface area contributed by atoms with Crippen LogP contribution in [0.3, 0.4) is 0 Å². The van der Waals surface area contributed by atoms with E-state index in [0.717, 1.165) is 35.3 Å². The van der Waals surface area contributed by atoms with Crippen molar-refractivity contribution in [1.29, 1.82) is 0 Å². The minimum absolute atomic E-state index is 0.310. The third-order valence-corrected chi connectivity index (χ3v) is 5.71. The van der Waals surface area contributed by atoms with Crippen molar-refractivity contribution in [3.05, 3.63) is 36.5 Å². The molecule has 3 atom stereocenters. The Labute approximate surface area is 170 Å². The molecule has 156 valence electrons. The van der Waals surface area contributed by atoms with E-state index >= 15 is 0 Å². The van der Waals surface area contributed by atoms with Gasteiger partial charge in [0.05, 0.1) is 17.2 Å². The lowest BCUT2D eigenvalue weighted by Crippen LogP contribution is -2.43. The molecule has 28 heavy (non-hydrogen) atoms. The quantitative estimate of drug-likeness (QED) is 0.457. The van der Waals surface area contributed by atoms with Gasteiger partial charge in [0.1, 0.15) is 0 Å². The lowest BCUT2D eigenvalue weighted by molar-refractivity contribution is -0.0617. The number of benzene rings is 1. The third kappa shape index (κ3) is 7.06. The molecule has 0 amide bonds. The number of aliphatic hydroxyl groups excluding tert-OH is 1. The van der Waals surface area contributed by atoms with Crippen LogP contribution >= 0.6 is 0 Å². The maximum absolute atomic E-state index is 10.7. The van der Waals surface area contributed by atoms with Gasteiger partial charge in [0.25, 0.3) is 0 Å². The van der Waals surface area contributed by atoms with E-state index in [4.69, 9.17) is 0 Å². The zero-order valence-electron chi connectivity index (χ0n) is 18.0. The Morgan fingerprint density at radius 1 is 1.04 bits per heavy atom. The molecule has 0 aliphatic heterocycles. The molecular formula is C24H38N2O2. The van der Waals surface area contributed by atoms with Crippen molar-refractivity contribution >= 4 is 16.6 Å². The molecule has 3 unspecified atom stereocenters. The predicted octanol–water partition coefficient (Wildman–Crippen LogP) is 5.39. The van der Waals surface area contributed by atoms with Crippen LogP contribution in [0.15, 0.2) is 36.5 Å².